The van der Waals surface area contributed by atoms with E-state index in [1.165, 1.54) is 18.2 Å². The van der Waals surface area contributed by atoms with Crippen LogP contribution in [0.1, 0.15) is 33.6 Å². The third-order valence-electron chi connectivity index (χ3n) is 2.12. The summed E-state index contributed by atoms with van der Waals surface area (Å²) in [6, 6.07) is 5.86. The molecule has 0 fully saturated rings. The zero-order chi connectivity index (χ0) is 14.5. The molecule has 0 aromatic heterocycles. The summed E-state index contributed by atoms with van der Waals surface area (Å²) in [5.74, 6) is -1.37. The van der Waals surface area contributed by atoms with Crippen LogP contribution in [0.3, 0.4) is 0 Å². The lowest BCUT2D eigenvalue weighted by Crippen LogP contribution is -2.24. The minimum atomic E-state index is -0.570. The summed E-state index contributed by atoms with van der Waals surface area (Å²) in [5, 5.41) is 2.41. The molecule has 0 aliphatic carbocycles. The number of para-hydroxylation sites is 1. The third kappa shape index (κ3) is 5.99. The molecule has 0 spiro atoms. The maximum atomic E-state index is 13.3. The van der Waals surface area contributed by atoms with Crippen LogP contribution in [-0.2, 0) is 14.3 Å². The number of benzene rings is 1. The van der Waals surface area contributed by atoms with Crippen LogP contribution in [0.2, 0.25) is 0 Å². The monoisotopic (exact) mass is 267 g/mol. The number of hydrogen-bond acceptors (Lipinski definition) is 3. The topological polar surface area (TPSA) is 55.4 Å². The van der Waals surface area contributed by atoms with Crippen molar-refractivity contribution in [3.8, 4) is 0 Å². The van der Waals surface area contributed by atoms with Gasteiger partial charge in [0.2, 0.25) is 5.91 Å². The highest BCUT2D eigenvalue weighted by molar-refractivity contribution is 5.92. The molecule has 4 nitrogen and oxygen atoms in total. The van der Waals surface area contributed by atoms with Crippen LogP contribution >= 0.6 is 0 Å². The van der Waals surface area contributed by atoms with E-state index >= 15 is 0 Å². The number of hydrogen-bond donors (Lipinski definition) is 1. The number of ether oxygens (including phenoxy) is 1. The molecule has 5 heteroatoms. The molecule has 0 aliphatic rings. The molecule has 1 rings (SSSR count). The van der Waals surface area contributed by atoms with E-state index < -0.39 is 23.3 Å². The van der Waals surface area contributed by atoms with Crippen LogP contribution in [0, 0.1) is 5.82 Å². The second kappa shape index (κ2) is 6.31. The highest BCUT2D eigenvalue weighted by Crippen LogP contribution is 2.13. The number of halogens is 1. The molecule has 0 aliphatic heterocycles. The van der Waals surface area contributed by atoms with E-state index in [0.717, 1.165) is 0 Å². The highest BCUT2D eigenvalue weighted by Gasteiger charge is 2.17. The van der Waals surface area contributed by atoms with Gasteiger partial charge in [0.15, 0.2) is 0 Å². The predicted molar refractivity (Wildman–Crippen MR) is 70.1 cm³/mol. The Morgan fingerprint density at radius 3 is 2.42 bits per heavy atom. The first-order valence-electron chi connectivity index (χ1n) is 6.04. The predicted octanol–water partition coefficient (Wildman–Crippen LogP) is 2.89. The first-order chi connectivity index (χ1) is 8.78. The van der Waals surface area contributed by atoms with E-state index in [9.17, 15) is 14.0 Å². The molecule has 19 heavy (non-hydrogen) atoms. The quantitative estimate of drug-likeness (QED) is 0.853. The summed E-state index contributed by atoms with van der Waals surface area (Å²) < 4.78 is 18.3. The molecule has 1 amide bonds. The Balaban J connectivity index is 2.41. The van der Waals surface area contributed by atoms with Gasteiger partial charge in [0, 0.05) is 6.42 Å². The van der Waals surface area contributed by atoms with Crippen molar-refractivity contribution >= 4 is 17.6 Å². The van der Waals surface area contributed by atoms with Crippen molar-refractivity contribution in [2.45, 2.75) is 39.2 Å². The SMILES string of the molecule is CC(C)(C)OC(=O)CCC(=O)Nc1ccccc1F. The van der Waals surface area contributed by atoms with Crippen molar-refractivity contribution in [3.05, 3.63) is 30.1 Å². The zero-order valence-corrected chi connectivity index (χ0v) is 11.3. The van der Waals surface area contributed by atoms with Gasteiger partial charge >= 0.3 is 5.97 Å². The van der Waals surface area contributed by atoms with Crippen LogP contribution in [0.15, 0.2) is 24.3 Å². The molecule has 0 atom stereocenters. The van der Waals surface area contributed by atoms with E-state index in [-0.39, 0.29) is 18.5 Å². The molecule has 104 valence electrons. The lowest BCUT2D eigenvalue weighted by molar-refractivity contribution is -0.155. The van der Waals surface area contributed by atoms with Crippen LogP contribution in [-0.4, -0.2) is 17.5 Å². The molecule has 1 N–H and O–H groups in total. The second-order valence-corrected chi connectivity index (χ2v) is 5.11. The van der Waals surface area contributed by atoms with Gasteiger partial charge < -0.3 is 10.1 Å². The van der Waals surface area contributed by atoms with Gasteiger partial charge in [-0.3, -0.25) is 9.59 Å². The Kier molecular flexibility index (Phi) is 5.03. The molecule has 1 aromatic carbocycles. The molecule has 0 saturated carbocycles. The fourth-order valence-corrected chi connectivity index (χ4v) is 1.38. The first kappa shape index (κ1) is 15.1. The summed E-state index contributed by atoms with van der Waals surface area (Å²) >= 11 is 0. The molecule has 0 saturated heterocycles. The van der Waals surface area contributed by atoms with Gasteiger partial charge in [-0.05, 0) is 32.9 Å². The van der Waals surface area contributed by atoms with Crippen molar-refractivity contribution in [1.29, 1.82) is 0 Å². The van der Waals surface area contributed by atoms with Crippen molar-refractivity contribution in [3.63, 3.8) is 0 Å². The minimum absolute atomic E-state index is 0.0302. The van der Waals surface area contributed by atoms with Gasteiger partial charge in [-0.2, -0.15) is 0 Å². The Morgan fingerprint density at radius 2 is 1.84 bits per heavy atom. The van der Waals surface area contributed by atoms with E-state index in [4.69, 9.17) is 4.74 Å². The maximum Gasteiger partial charge on any atom is 0.306 e. The van der Waals surface area contributed by atoms with Crippen LogP contribution in [0.4, 0.5) is 10.1 Å². The summed E-state index contributed by atoms with van der Waals surface area (Å²) in [6.07, 6.45) is -0.0686. The maximum absolute atomic E-state index is 13.3. The van der Waals surface area contributed by atoms with E-state index in [2.05, 4.69) is 5.32 Å². The molecule has 0 unspecified atom stereocenters. The Labute approximate surface area is 112 Å². The summed E-state index contributed by atoms with van der Waals surface area (Å²) in [5.41, 5.74) is -0.462. The number of esters is 1. The minimum Gasteiger partial charge on any atom is -0.460 e. The Bertz CT molecular complexity index is 466. The van der Waals surface area contributed by atoms with Crippen molar-refractivity contribution < 1.29 is 18.7 Å². The number of carbonyl (C=O) groups excluding carboxylic acids is 2. The number of carbonyl (C=O) groups is 2. The molecule has 0 radical (unpaired) electrons. The lowest BCUT2D eigenvalue weighted by Gasteiger charge is -2.19. The smallest absolute Gasteiger partial charge is 0.306 e. The van der Waals surface area contributed by atoms with Gasteiger partial charge in [-0.1, -0.05) is 12.1 Å². The van der Waals surface area contributed by atoms with E-state index in [1.54, 1.807) is 26.8 Å². The molecular weight excluding hydrogens is 249 g/mol. The van der Waals surface area contributed by atoms with E-state index in [1.807, 2.05) is 0 Å². The largest absolute Gasteiger partial charge is 0.460 e. The number of anilines is 1. The van der Waals surface area contributed by atoms with Crippen molar-refractivity contribution in [1.82, 2.24) is 0 Å². The van der Waals surface area contributed by atoms with Gasteiger partial charge in [-0.15, -0.1) is 0 Å². The third-order valence-corrected chi connectivity index (χ3v) is 2.12. The molecule has 1 aromatic rings. The molecule has 0 bridgehead atoms. The summed E-state index contributed by atoms with van der Waals surface area (Å²) in [7, 11) is 0. The fraction of sp³-hybridized carbons (Fsp3) is 0.429. The number of amides is 1. The van der Waals surface area contributed by atoms with Crippen LogP contribution in [0.25, 0.3) is 0 Å². The van der Waals surface area contributed by atoms with Crippen molar-refractivity contribution in [2.75, 3.05) is 5.32 Å². The van der Waals surface area contributed by atoms with Gasteiger partial charge in [-0.25, -0.2) is 4.39 Å². The Hall–Kier alpha value is -1.91. The van der Waals surface area contributed by atoms with E-state index in [0.29, 0.717) is 0 Å². The van der Waals surface area contributed by atoms with Crippen LogP contribution < -0.4 is 5.32 Å². The number of rotatable bonds is 4. The molecule has 0 heterocycles. The highest BCUT2D eigenvalue weighted by atomic mass is 19.1. The summed E-state index contributed by atoms with van der Waals surface area (Å²) in [4.78, 5) is 23.0. The van der Waals surface area contributed by atoms with Gasteiger partial charge in [0.25, 0.3) is 0 Å². The summed E-state index contributed by atoms with van der Waals surface area (Å²) in [6.45, 7) is 5.26. The average molecular weight is 267 g/mol. The lowest BCUT2D eigenvalue weighted by atomic mass is 10.2. The number of nitrogens with one attached hydrogen (secondary N) is 1. The standard InChI is InChI=1S/C14H18FNO3/c1-14(2,3)19-13(18)9-8-12(17)16-11-7-5-4-6-10(11)15/h4-7H,8-9H2,1-3H3,(H,16,17). The second-order valence-electron chi connectivity index (χ2n) is 5.11. The van der Waals surface area contributed by atoms with Crippen molar-refractivity contribution in [2.24, 2.45) is 0 Å². The normalized spacial score (nSPS) is 10.9. The Morgan fingerprint density at radius 1 is 1.21 bits per heavy atom. The van der Waals surface area contributed by atoms with Gasteiger partial charge in [0.1, 0.15) is 11.4 Å². The first-order valence-corrected chi connectivity index (χ1v) is 6.04. The fourth-order valence-electron chi connectivity index (χ4n) is 1.38. The zero-order valence-electron chi connectivity index (χ0n) is 11.3. The average Bonchev–Trinajstić information content (AvgIpc) is 2.27. The van der Waals surface area contributed by atoms with Gasteiger partial charge in [0.05, 0.1) is 12.1 Å². The molecular formula is C14H18FNO3. The van der Waals surface area contributed by atoms with Crippen LogP contribution in [0.5, 0.6) is 0 Å².